The summed E-state index contributed by atoms with van der Waals surface area (Å²) in [4.78, 5) is 65.8. The van der Waals surface area contributed by atoms with Gasteiger partial charge < -0.3 is 10.2 Å². The highest BCUT2D eigenvalue weighted by Crippen LogP contribution is 2.49. The molecule has 3 heterocycles. The number of hydrogen-bond acceptors (Lipinski definition) is 8. The van der Waals surface area contributed by atoms with Crippen molar-refractivity contribution in [3.63, 3.8) is 0 Å². The fourth-order valence-electron chi connectivity index (χ4n) is 5.89. The fourth-order valence-corrected chi connectivity index (χ4v) is 5.89. The van der Waals surface area contributed by atoms with Crippen LogP contribution in [0.4, 0.5) is 28.4 Å². The first kappa shape index (κ1) is 24.9. The second-order valence-electron chi connectivity index (χ2n) is 9.85. The van der Waals surface area contributed by atoms with Crippen LogP contribution < -0.4 is 15.1 Å². The molecular formula is C28H21N5O7. The van der Waals surface area contributed by atoms with Crippen molar-refractivity contribution in [1.29, 1.82) is 0 Å². The number of nitro groups is 2. The van der Waals surface area contributed by atoms with Crippen molar-refractivity contribution in [2.45, 2.75) is 19.0 Å². The molecule has 3 aliphatic rings. The molecule has 2 fully saturated rings. The molecule has 0 bridgehead atoms. The molecule has 0 aromatic heterocycles. The SMILES string of the molecule is Cc1ccc([N+](=O)[O-])cc1N1C(=O)[C@@H]2[C@H](C1=O)[C@H](C(=O)Nc1ccc([N+](=O)[O-])cc1)N1c3ccccc3C=C[C@@H]21. The minimum atomic E-state index is -1.10. The number of nitrogens with zero attached hydrogens (tertiary/aromatic N) is 4. The van der Waals surface area contributed by atoms with Crippen molar-refractivity contribution >= 4 is 52.2 Å². The van der Waals surface area contributed by atoms with E-state index in [0.29, 0.717) is 16.9 Å². The molecule has 0 unspecified atom stereocenters. The van der Waals surface area contributed by atoms with Crippen molar-refractivity contribution in [3.05, 3.63) is 104 Å². The summed E-state index contributed by atoms with van der Waals surface area (Å²) in [5.74, 6) is -3.71. The smallest absolute Gasteiger partial charge is 0.271 e. The van der Waals surface area contributed by atoms with Gasteiger partial charge in [-0.2, -0.15) is 0 Å². The van der Waals surface area contributed by atoms with Crippen molar-refractivity contribution in [1.82, 2.24) is 0 Å². The zero-order valence-corrected chi connectivity index (χ0v) is 21.0. The minimum Gasteiger partial charge on any atom is -0.351 e. The molecular weight excluding hydrogens is 518 g/mol. The monoisotopic (exact) mass is 539 g/mol. The number of aryl methyl sites for hydroxylation is 1. The summed E-state index contributed by atoms with van der Waals surface area (Å²) in [5, 5.41) is 25.2. The molecule has 0 aliphatic carbocycles. The number of nitrogens with one attached hydrogen (secondary N) is 1. The fraction of sp³-hybridized carbons (Fsp3) is 0.179. The Morgan fingerprint density at radius 2 is 1.50 bits per heavy atom. The van der Waals surface area contributed by atoms with Gasteiger partial charge in [-0.15, -0.1) is 0 Å². The first-order valence-corrected chi connectivity index (χ1v) is 12.4. The van der Waals surface area contributed by atoms with Gasteiger partial charge >= 0.3 is 0 Å². The van der Waals surface area contributed by atoms with Crippen LogP contribution in [0.3, 0.4) is 0 Å². The average molecular weight is 540 g/mol. The first-order chi connectivity index (χ1) is 19.2. The Morgan fingerprint density at radius 3 is 2.20 bits per heavy atom. The molecule has 3 aromatic carbocycles. The Hall–Kier alpha value is -5.39. The number of benzene rings is 3. The lowest BCUT2D eigenvalue weighted by molar-refractivity contribution is -0.385. The third kappa shape index (κ3) is 3.72. The maximum atomic E-state index is 14.0. The quantitative estimate of drug-likeness (QED) is 0.291. The lowest BCUT2D eigenvalue weighted by Gasteiger charge is -2.36. The summed E-state index contributed by atoms with van der Waals surface area (Å²) in [6.07, 6.45) is 3.65. The van der Waals surface area contributed by atoms with E-state index >= 15 is 0 Å². The van der Waals surface area contributed by atoms with Crippen LogP contribution in [0.15, 0.2) is 72.8 Å². The van der Waals surface area contributed by atoms with Crippen molar-refractivity contribution in [3.8, 4) is 0 Å². The number of nitro benzene ring substituents is 2. The van der Waals surface area contributed by atoms with Gasteiger partial charge in [0.15, 0.2) is 0 Å². The Labute approximate surface area is 226 Å². The van der Waals surface area contributed by atoms with Gasteiger partial charge in [0, 0.05) is 35.6 Å². The molecule has 0 spiro atoms. The molecule has 3 amide bonds. The minimum absolute atomic E-state index is 0.111. The van der Waals surface area contributed by atoms with Crippen LogP contribution in [0.5, 0.6) is 0 Å². The van der Waals surface area contributed by atoms with E-state index in [1.54, 1.807) is 24.0 Å². The molecule has 1 N–H and O–H groups in total. The van der Waals surface area contributed by atoms with E-state index in [1.807, 2.05) is 24.3 Å². The van der Waals surface area contributed by atoms with Crippen molar-refractivity contribution in [2.75, 3.05) is 15.1 Å². The summed E-state index contributed by atoms with van der Waals surface area (Å²) < 4.78 is 0. The number of carbonyl (C=O) groups excluding carboxylic acids is 3. The van der Waals surface area contributed by atoms with Crippen LogP contribution in [0.25, 0.3) is 6.08 Å². The molecule has 40 heavy (non-hydrogen) atoms. The Bertz CT molecular complexity index is 1650. The number of anilines is 3. The lowest BCUT2D eigenvalue weighted by Crippen LogP contribution is -2.50. The predicted molar refractivity (Wildman–Crippen MR) is 145 cm³/mol. The largest absolute Gasteiger partial charge is 0.351 e. The number of fused-ring (bicyclic) bond motifs is 5. The van der Waals surface area contributed by atoms with Gasteiger partial charge in [-0.25, -0.2) is 4.90 Å². The van der Waals surface area contributed by atoms with Crippen LogP contribution in [-0.2, 0) is 14.4 Å². The summed E-state index contributed by atoms with van der Waals surface area (Å²) in [5.41, 5.74) is 2.00. The number of imide groups is 1. The molecule has 200 valence electrons. The van der Waals surface area contributed by atoms with E-state index in [9.17, 15) is 34.6 Å². The molecule has 12 heteroatoms. The third-order valence-corrected chi connectivity index (χ3v) is 7.67. The van der Waals surface area contributed by atoms with Crippen LogP contribution in [0.2, 0.25) is 0 Å². The zero-order chi connectivity index (χ0) is 28.3. The van der Waals surface area contributed by atoms with Crippen molar-refractivity contribution in [2.24, 2.45) is 11.8 Å². The second-order valence-corrected chi connectivity index (χ2v) is 9.85. The summed E-state index contributed by atoms with van der Waals surface area (Å²) in [7, 11) is 0. The molecule has 3 aromatic rings. The van der Waals surface area contributed by atoms with Crippen LogP contribution >= 0.6 is 0 Å². The lowest BCUT2D eigenvalue weighted by atomic mass is 9.88. The average Bonchev–Trinajstić information content (AvgIpc) is 3.42. The standard InChI is InChI=1S/C28H21N5O7/c1-15-6-10-19(33(39)40)14-22(15)31-27(35)23-21-13-7-16-4-2-3-5-20(16)30(21)25(24(23)28(31)36)26(34)29-17-8-11-18(12-9-17)32(37)38/h2-14,21,23-25H,1H3,(H,29,34)/t21-,23-,24-,25+/m0/s1. The predicted octanol–water partition coefficient (Wildman–Crippen LogP) is 3.84. The zero-order valence-electron chi connectivity index (χ0n) is 21.0. The van der Waals surface area contributed by atoms with Gasteiger partial charge in [-0.3, -0.25) is 34.6 Å². The van der Waals surface area contributed by atoms with E-state index < -0.39 is 51.5 Å². The summed E-state index contributed by atoms with van der Waals surface area (Å²) >= 11 is 0. The maximum absolute atomic E-state index is 14.0. The van der Waals surface area contributed by atoms with Crippen molar-refractivity contribution < 1.29 is 24.2 Å². The number of carbonyl (C=O) groups is 3. The Kier molecular flexibility index (Phi) is 5.68. The molecule has 2 saturated heterocycles. The van der Waals surface area contributed by atoms with Gasteiger partial charge in [0.1, 0.15) is 6.04 Å². The number of rotatable bonds is 5. The molecule has 12 nitrogen and oxygen atoms in total. The number of amides is 3. The van der Waals surface area contributed by atoms with E-state index in [-0.39, 0.29) is 17.1 Å². The topological polar surface area (TPSA) is 156 Å². The van der Waals surface area contributed by atoms with Crippen LogP contribution in [-0.4, -0.2) is 39.7 Å². The van der Waals surface area contributed by atoms with Crippen LogP contribution in [0.1, 0.15) is 11.1 Å². The van der Waals surface area contributed by atoms with Gasteiger partial charge in [0.2, 0.25) is 17.7 Å². The molecule has 0 saturated carbocycles. The molecule has 0 radical (unpaired) electrons. The highest BCUT2D eigenvalue weighted by molar-refractivity contribution is 6.25. The third-order valence-electron chi connectivity index (χ3n) is 7.67. The Balaban J connectivity index is 1.43. The summed E-state index contributed by atoms with van der Waals surface area (Å²) in [6, 6.07) is 14.9. The highest BCUT2D eigenvalue weighted by atomic mass is 16.6. The normalized spacial score (nSPS) is 22.5. The van der Waals surface area contributed by atoms with E-state index in [4.69, 9.17) is 0 Å². The van der Waals surface area contributed by atoms with E-state index in [2.05, 4.69) is 5.32 Å². The maximum Gasteiger partial charge on any atom is 0.271 e. The van der Waals surface area contributed by atoms with E-state index in [0.717, 1.165) is 10.5 Å². The van der Waals surface area contributed by atoms with Gasteiger partial charge in [-0.1, -0.05) is 36.4 Å². The molecule has 6 rings (SSSR count). The summed E-state index contributed by atoms with van der Waals surface area (Å²) in [6.45, 7) is 1.65. The molecule has 4 atom stereocenters. The number of para-hydroxylation sites is 1. The molecule has 3 aliphatic heterocycles. The van der Waals surface area contributed by atoms with E-state index in [1.165, 1.54) is 42.5 Å². The highest BCUT2D eigenvalue weighted by Gasteiger charge is 2.64. The van der Waals surface area contributed by atoms with Gasteiger partial charge in [0.05, 0.1) is 33.4 Å². The van der Waals surface area contributed by atoms with Crippen LogP contribution in [0, 0.1) is 39.0 Å². The van der Waals surface area contributed by atoms with Gasteiger partial charge in [0.25, 0.3) is 11.4 Å². The first-order valence-electron chi connectivity index (χ1n) is 12.4. The number of hydrogen-bond donors (Lipinski definition) is 1. The second kappa shape index (κ2) is 9.12. The number of non-ortho nitro benzene ring substituents is 2. The Morgan fingerprint density at radius 1 is 0.850 bits per heavy atom. The van der Waals surface area contributed by atoms with Gasteiger partial charge in [-0.05, 0) is 36.2 Å².